The number of hydrogen-bond donors (Lipinski definition) is 3. The standard InChI is InChI=1S/C15H19F2N5O/c1-9(3-4-11-5-6-12(16)13(17)7-11)20-15(23)21-10(2)14-18-8-19-22-14/h5-10H,3-4H2,1-2H3,(H,18,19,22)(H2,20,21,23)/t9-,10+/m0/s1. The molecule has 2 rings (SSSR count). The lowest BCUT2D eigenvalue weighted by atomic mass is 10.1. The quantitative estimate of drug-likeness (QED) is 0.763. The molecule has 23 heavy (non-hydrogen) atoms. The second-order valence-corrected chi connectivity index (χ2v) is 5.40. The highest BCUT2D eigenvalue weighted by molar-refractivity contribution is 5.74. The van der Waals surface area contributed by atoms with Gasteiger partial charge >= 0.3 is 6.03 Å². The SMILES string of the molecule is C[C@@H](CCc1ccc(F)c(F)c1)NC(=O)N[C@H](C)c1ncn[nH]1. The Bertz CT molecular complexity index is 647. The molecule has 0 bridgehead atoms. The molecule has 0 radical (unpaired) electrons. The Balaban J connectivity index is 1.76. The molecule has 0 saturated heterocycles. The first kappa shape index (κ1) is 16.9. The van der Waals surface area contributed by atoms with Gasteiger partial charge in [-0.25, -0.2) is 18.6 Å². The van der Waals surface area contributed by atoms with Crippen molar-refractivity contribution in [2.75, 3.05) is 0 Å². The molecule has 8 heteroatoms. The zero-order valence-corrected chi connectivity index (χ0v) is 12.9. The van der Waals surface area contributed by atoms with E-state index in [1.54, 1.807) is 6.92 Å². The van der Waals surface area contributed by atoms with Crippen molar-refractivity contribution >= 4 is 6.03 Å². The number of amides is 2. The van der Waals surface area contributed by atoms with E-state index in [2.05, 4.69) is 25.8 Å². The van der Waals surface area contributed by atoms with Crippen LogP contribution in [0, 0.1) is 11.6 Å². The van der Waals surface area contributed by atoms with Gasteiger partial charge in [0.1, 0.15) is 12.2 Å². The molecule has 0 spiro atoms. The molecule has 0 fully saturated rings. The number of urea groups is 1. The van der Waals surface area contributed by atoms with Crippen LogP contribution >= 0.6 is 0 Å². The van der Waals surface area contributed by atoms with Crippen molar-refractivity contribution in [2.24, 2.45) is 0 Å². The minimum Gasteiger partial charge on any atom is -0.336 e. The number of hydrogen-bond acceptors (Lipinski definition) is 3. The molecule has 0 unspecified atom stereocenters. The van der Waals surface area contributed by atoms with Crippen LogP contribution in [0.2, 0.25) is 0 Å². The largest absolute Gasteiger partial charge is 0.336 e. The Labute approximate surface area is 132 Å². The van der Waals surface area contributed by atoms with E-state index in [4.69, 9.17) is 0 Å². The number of rotatable bonds is 6. The predicted molar refractivity (Wildman–Crippen MR) is 80.6 cm³/mol. The van der Waals surface area contributed by atoms with E-state index in [-0.39, 0.29) is 18.1 Å². The van der Waals surface area contributed by atoms with E-state index in [9.17, 15) is 13.6 Å². The van der Waals surface area contributed by atoms with Crippen molar-refractivity contribution in [1.82, 2.24) is 25.8 Å². The first-order chi connectivity index (χ1) is 11.0. The summed E-state index contributed by atoms with van der Waals surface area (Å²) in [6.07, 6.45) is 2.52. The molecule has 1 heterocycles. The van der Waals surface area contributed by atoms with Gasteiger partial charge in [0.25, 0.3) is 0 Å². The molecule has 1 aromatic heterocycles. The fourth-order valence-corrected chi connectivity index (χ4v) is 2.10. The average Bonchev–Trinajstić information content (AvgIpc) is 3.02. The van der Waals surface area contributed by atoms with Crippen LogP contribution in [0.3, 0.4) is 0 Å². The van der Waals surface area contributed by atoms with Gasteiger partial charge in [-0.05, 0) is 44.4 Å². The van der Waals surface area contributed by atoms with Gasteiger partial charge in [0.2, 0.25) is 0 Å². The van der Waals surface area contributed by atoms with Gasteiger partial charge in [-0.1, -0.05) is 6.07 Å². The number of carbonyl (C=O) groups excluding carboxylic acids is 1. The molecule has 0 aliphatic carbocycles. The molecular formula is C15H19F2N5O. The monoisotopic (exact) mass is 323 g/mol. The highest BCUT2D eigenvalue weighted by Crippen LogP contribution is 2.11. The number of benzene rings is 1. The van der Waals surface area contributed by atoms with E-state index in [0.717, 1.165) is 6.07 Å². The lowest BCUT2D eigenvalue weighted by Gasteiger charge is -2.17. The van der Waals surface area contributed by atoms with Crippen LogP contribution in [0.15, 0.2) is 24.5 Å². The Kier molecular flexibility index (Phi) is 5.61. The Morgan fingerprint density at radius 3 is 2.70 bits per heavy atom. The van der Waals surface area contributed by atoms with E-state index < -0.39 is 11.6 Å². The fraction of sp³-hybridized carbons (Fsp3) is 0.400. The molecular weight excluding hydrogens is 304 g/mol. The topological polar surface area (TPSA) is 82.7 Å². The maximum Gasteiger partial charge on any atom is 0.315 e. The molecule has 6 nitrogen and oxygen atoms in total. The van der Waals surface area contributed by atoms with Crippen LogP contribution < -0.4 is 10.6 Å². The molecule has 0 aliphatic rings. The van der Waals surface area contributed by atoms with Crippen LogP contribution in [0.4, 0.5) is 13.6 Å². The predicted octanol–water partition coefficient (Wildman–Crippen LogP) is 2.46. The summed E-state index contributed by atoms with van der Waals surface area (Å²) in [5.74, 6) is -1.16. The number of carbonyl (C=O) groups is 1. The zero-order chi connectivity index (χ0) is 16.8. The van der Waals surface area contributed by atoms with Crippen molar-refractivity contribution in [2.45, 2.75) is 38.8 Å². The Hall–Kier alpha value is -2.51. The van der Waals surface area contributed by atoms with Crippen LogP contribution in [0.25, 0.3) is 0 Å². The molecule has 2 aromatic rings. The third kappa shape index (κ3) is 5.01. The molecule has 2 atom stereocenters. The molecule has 124 valence electrons. The highest BCUT2D eigenvalue weighted by Gasteiger charge is 2.13. The second-order valence-electron chi connectivity index (χ2n) is 5.40. The first-order valence-corrected chi connectivity index (χ1v) is 7.32. The van der Waals surface area contributed by atoms with E-state index >= 15 is 0 Å². The van der Waals surface area contributed by atoms with E-state index in [1.165, 1.54) is 18.5 Å². The normalized spacial score (nSPS) is 13.4. The van der Waals surface area contributed by atoms with Gasteiger partial charge in [0.05, 0.1) is 6.04 Å². The minimum absolute atomic E-state index is 0.120. The van der Waals surface area contributed by atoms with Gasteiger partial charge in [-0.15, -0.1) is 0 Å². The van der Waals surface area contributed by atoms with Crippen LogP contribution in [0.5, 0.6) is 0 Å². The summed E-state index contributed by atoms with van der Waals surface area (Å²) in [7, 11) is 0. The maximum absolute atomic E-state index is 13.1. The number of halogens is 2. The molecule has 2 amide bonds. The van der Waals surface area contributed by atoms with E-state index in [1.807, 2.05) is 6.92 Å². The fourth-order valence-electron chi connectivity index (χ4n) is 2.10. The Morgan fingerprint density at radius 2 is 2.04 bits per heavy atom. The van der Waals surface area contributed by atoms with Gasteiger partial charge in [-0.3, -0.25) is 5.10 Å². The number of nitrogens with zero attached hydrogens (tertiary/aromatic N) is 2. The van der Waals surface area contributed by atoms with Gasteiger partial charge in [0, 0.05) is 6.04 Å². The average molecular weight is 323 g/mol. The minimum atomic E-state index is -0.860. The molecule has 0 aliphatic heterocycles. The van der Waals surface area contributed by atoms with Gasteiger partial charge in [-0.2, -0.15) is 5.10 Å². The number of H-pyrrole nitrogens is 1. The Morgan fingerprint density at radius 1 is 1.26 bits per heavy atom. The van der Waals surface area contributed by atoms with Crippen molar-refractivity contribution in [1.29, 1.82) is 0 Å². The number of aryl methyl sites for hydroxylation is 1. The lowest BCUT2D eigenvalue weighted by molar-refractivity contribution is 0.233. The second kappa shape index (κ2) is 7.66. The van der Waals surface area contributed by atoms with Gasteiger partial charge < -0.3 is 10.6 Å². The first-order valence-electron chi connectivity index (χ1n) is 7.32. The summed E-state index contributed by atoms with van der Waals surface area (Å²) in [5.41, 5.74) is 0.688. The number of aromatic nitrogens is 3. The number of nitrogens with one attached hydrogen (secondary N) is 3. The smallest absolute Gasteiger partial charge is 0.315 e. The lowest BCUT2D eigenvalue weighted by Crippen LogP contribution is -2.42. The maximum atomic E-state index is 13.1. The molecule has 3 N–H and O–H groups in total. The van der Waals surface area contributed by atoms with Crippen molar-refractivity contribution in [3.8, 4) is 0 Å². The summed E-state index contributed by atoms with van der Waals surface area (Å²) in [6, 6.07) is 3.08. The molecule has 1 aromatic carbocycles. The van der Waals surface area contributed by atoms with Crippen LogP contribution in [0.1, 0.15) is 37.7 Å². The third-order valence-electron chi connectivity index (χ3n) is 3.42. The zero-order valence-electron chi connectivity index (χ0n) is 12.9. The third-order valence-corrected chi connectivity index (χ3v) is 3.42. The van der Waals surface area contributed by atoms with Crippen molar-refractivity contribution in [3.63, 3.8) is 0 Å². The summed E-state index contributed by atoms with van der Waals surface area (Å²) in [6.45, 7) is 3.63. The van der Waals surface area contributed by atoms with Crippen LogP contribution in [-0.4, -0.2) is 27.3 Å². The van der Waals surface area contributed by atoms with Crippen LogP contribution in [-0.2, 0) is 6.42 Å². The number of aromatic amines is 1. The summed E-state index contributed by atoms with van der Waals surface area (Å²) >= 11 is 0. The van der Waals surface area contributed by atoms with Gasteiger partial charge in [0.15, 0.2) is 11.6 Å². The van der Waals surface area contributed by atoms with Crippen molar-refractivity contribution in [3.05, 3.63) is 47.5 Å². The van der Waals surface area contributed by atoms with Crippen molar-refractivity contribution < 1.29 is 13.6 Å². The summed E-state index contributed by atoms with van der Waals surface area (Å²) in [5, 5.41) is 11.9. The summed E-state index contributed by atoms with van der Waals surface area (Å²) in [4.78, 5) is 15.8. The highest BCUT2D eigenvalue weighted by atomic mass is 19.2. The molecule has 0 saturated carbocycles. The van der Waals surface area contributed by atoms with E-state index in [0.29, 0.717) is 24.2 Å². The summed E-state index contributed by atoms with van der Waals surface area (Å²) < 4.78 is 26.0.